The zero-order valence-electron chi connectivity index (χ0n) is 14.9. The molecule has 1 aromatic heterocycles. The van der Waals surface area contributed by atoms with E-state index in [-0.39, 0.29) is 11.7 Å². The third kappa shape index (κ3) is 4.20. The number of nitrogens with two attached hydrogens (primary N) is 1. The lowest BCUT2D eigenvalue weighted by molar-refractivity contribution is 0.0996. The Labute approximate surface area is 160 Å². The van der Waals surface area contributed by atoms with Gasteiger partial charge >= 0.3 is 0 Å². The van der Waals surface area contributed by atoms with Crippen molar-refractivity contribution in [1.82, 2.24) is 4.98 Å². The largest absolute Gasteiger partial charge is 0.366 e. The van der Waals surface area contributed by atoms with Gasteiger partial charge in [-0.3, -0.25) is 9.59 Å². The molecule has 0 aliphatic rings. The van der Waals surface area contributed by atoms with Crippen molar-refractivity contribution in [3.63, 3.8) is 0 Å². The number of amides is 2. The van der Waals surface area contributed by atoms with Gasteiger partial charge in [0.25, 0.3) is 5.91 Å². The number of hydrogen-bond acceptors (Lipinski definition) is 4. The molecule has 0 unspecified atom stereocenters. The normalized spacial score (nSPS) is 10.6. The number of thiazole rings is 1. The Balaban J connectivity index is 1.80. The van der Waals surface area contributed by atoms with E-state index in [1.165, 1.54) is 23.5 Å². The van der Waals surface area contributed by atoms with Crippen molar-refractivity contribution >= 4 is 28.8 Å². The van der Waals surface area contributed by atoms with Crippen LogP contribution in [0.4, 0.5) is 10.1 Å². The number of aromatic nitrogens is 1. The predicted octanol–water partition coefficient (Wildman–Crippen LogP) is 3.84. The van der Waals surface area contributed by atoms with Crippen molar-refractivity contribution in [3.05, 3.63) is 80.6 Å². The van der Waals surface area contributed by atoms with Crippen LogP contribution < -0.4 is 11.1 Å². The highest BCUT2D eigenvalue weighted by Crippen LogP contribution is 2.24. The summed E-state index contributed by atoms with van der Waals surface area (Å²) in [4.78, 5) is 29.1. The lowest BCUT2D eigenvalue weighted by atomic mass is 10.1. The third-order valence-electron chi connectivity index (χ3n) is 4.16. The molecule has 1 heterocycles. The quantitative estimate of drug-likeness (QED) is 0.702. The summed E-state index contributed by atoms with van der Waals surface area (Å²) in [5, 5.41) is 3.59. The number of carbonyl (C=O) groups excluding carboxylic acids is 2. The minimum absolute atomic E-state index is 0.289. The molecule has 2 amide bonds. The molecule has 0 aliphatic carbocycles. The van der Waals surface area contributed by atoms with E-state index < -0.39 is 5.91 Å². The Kier molecular flexibility index (Phi) is 5.32. The van der Waals surface area contributed by atoms with Crippen LogP contribution in [0.25, 0.3) is 0 Å². The van der Waals surface area contributed by atoms with Gasteiger partial charge in [0.1, 0.15) is 10.7 Å². The lowest BCUT2D eigenvalue weighted by Crippen LogP contribution is -2.16. The number of benzene rings is 2. The van der Waals surface area contributed by atoms with Gasteiger partial charge in [0.15, 0.2) is 0 Å². The van der Waals surface area contributed by atoms with Crippen molar-refractivity contribution in [2.45, 2.75) is 20.3 Å². The number of nitrogens with zero attached hydrogens (tertiary/aromatic N) is 1. The average molecular weight is 383 g/mol. The van der Waals surface area contributed by atoms with Gasteiger partial charge in [-0.15, -0.1) is 11.3 Å². The molecule has 0 fully saturated rings. The molecule has 2 aromatic carbocycles. The van der Waals surface area contributed by atoms with Crippen molar-refractivity contribution in [2.24, 2.45) is 5.73 Å². The summed E-state index contributed by atoms with van der Waals surface area (Å²) in [6.45, 7) is 3.50. The maximum atomic E-state index is 13.0. The van der Waals surface area contributed by atoms with Crippen LogP contribution in [-0.2, 0) is 6.42 Å². The molecule has 0 saturated heterocycles. The van der Waals surface area contributed by atoms with Gasteiger partial charge in [-0.25, -0.2) is 9.37 Å². The van der Waals surface area contributed by atoms with Gasteiger partial charge in [-0.05, 0) is 49.2 Å². The van der Waals surface area contributed by atoms with E-state index in [9.17, 15) is 14.0 Å². The monoisotopic (exact) mass is 383 g/mol. The lowest BCUT2D eigenvalue weighted by Gasteiger charge is -2.10. The van der Waals surface area contributed by atoms with Gasteiger partial charge in [-0.1, -0.05) is 18.2 Å². The molecule has 3 rings (SSSR count). The standard InChI is InChI=1S/C20H18FN3O2S/c1-11-15(19(22)25)4-3-5-16(11)24-20(26)18-12(2)23-17(27-18)10-13-6-8-14(21)9-7-13/h3-9H,10H2,1-2H3,(H2,22,25)(H,24,26). The van der Waals surface area contributed by atoms with Crippen LogP contribution in [0.15, 0.2) is 42.5 Å². The smallest absolute Gasteiger partial charge is 0.267 e. The fraction of sp³-hybridized carbons (Fsp3) is 0.150. The van der Waals surface area contributed by atoms with Crippen LogP contribution in [0.1, 0.15) is 41.9 Å². The number of anilines is 1. The number of carbonyl (C=O) groups is 2. The average Bonchev–Trinajstić information content (AvgIpc) is 2.99. The summed E-state index contributed by atoms with van der Waals surface area (Å²) in [7, 11) is 0. The molecule has 5 nitrogen and oxygen atoms in total. The van der Waals surface area contributed by atoms with Crippen LogP contribution in [0, 0.1) is 19.7 Å². The highest BCUT2D eigenvalue weighted by molar-refractivity contribution is 7.14. The van der Waals surface area contributed by atoms with Gasteiger partial charge in [0, 0.05) is 17.7 Å². The minimum Gasteiger partial charge on any atom is -0.366 e. The van der Waals surface area contributed by atoms with Gasteiger partial charge < -0.3 is 11.1 Å². The number of primary amides is 1. The van der Waals surface area contributed by atoms with E-state index in [0.717, 1.165) is 10.6 Å². The summed E-state index contributed by atoms with van der Waals surface area (Å²) in [5.41, 5.74) is 8.41. The Bertz CT molecular complexity index is 1010. The molecular weight excluding hydrogens is 365 g/mol. The SMILES string of the molecule is Cc1nc(Cc2ccc(F)cc2)sc1C(=O)Nc1cccc(C(N)=O)c1C. The minimum atomic E-state index is -0.542. The van der Waals surface area contributed by atoms with E-state index in [0.29, 0.717) is 33.8 Å². The summed E-state index contributed by atoms with van der Waals surface area (Å²) >= 11 is 1.29. The zero-order chi connectivity index (χ0) is 19.6. The first kappa shape index (κ1) is 18.7. The first-order valence-corrected chi connectivity index (χ1v) is 9.08. The second kappa shape index (κ2) is 7.67. The Morgan fingerprint density at radius 2 is 1.85 bits per heavy atom. The van der Waals surface area contributed by atoms with Crippen LogP contribution in [-0.4, -0.2) is 16.8 Å². The number of hydrogen-bond donors (Lipinski definition) is 2. The molecule has 7 heteroatoms. The first-order valence-electron chi connectivity index (χ1n) is 8.26. The molecule has 3 N–H and O–H groups in total. The highest BCUT2D eigenvalue weighted by Gasteiger charge is 2.17. The van der Waals surface area contributed by atoms with Crippen molar-refractivity contribution in [3.8, 4) is 0 Å². The third-order valence-corrected chi connectivity index (χ3v) is 5.32. The van der Waals surface area contributed by atoms with E-state index in [1.54, 1.807) is 44.2 Å². The van der Waals surface area contributed by atoms with Gasteiger partial charge in [0.2, 0.25) is 5.91 Å². The van der Waals surface area contributed by atoms with E-state index in [1.807, 2.05) is 0 Å². The van der Waals surface area contributed by atoms with E-state index in [4.69, 9.17) is 5.73 Å². The van der Waals surface area contributed by atoms with Crippen LogP contribution in [0.2, 0.25) is 0 Å². The fourth-order valence-electron chi connectivity index (χ4n) is 2.73. The van der Waals surface area contributed by atoms with E-state index >= 15 is 0 Å². The fourth-order valence-corrected chi connectivity index (χ4v) is 3.73. The maximum absolute atomic E-state index is 13.0. The Hall–Kier alpha value is -3.06. The molecule has 0 bridgehead atoms. The molecule has 0 spiro atoms. The van der Waals surface area contributed by atoms with Crippen LogP contribution in [0.3, 0.4) is 0 Å². The summed E-state index contributed by atoms with van der Waals surface area (Å²) in [6, 6.07) is 11.2. The van der Waals surface area contributed by atoms with E-state index in [2.05, 4.69) is 10.3 Å². The van der Waals surface area contributed by atoms with Gasteiger partial charge in [-0.2, -0.15) is 0 Å². The first-order chi connectivity index (χ1) is 12.8. The molecule has 0 saturated carbocycles. The zero-order valence-corrected chi connectivity index (χ0v) is 15.7. The molecule has 0 atom stereocenters. The molecule has 0 aliphatic heterocycles. The second-order valence-corrected chi connectivity index (χ2v) is 7.21. The number of rotatable bonds is 5. The predicted molar refractivity (Wildman–Crippen MR) is 104 cm³/mol. The Morgan fingerprint density at radius 1 is 1.15 bits per heavy atom. The van der Waals surface area contributed by atoms with Crippen molar-refractivity contribution < 1.29 is 14.0 Å². The summed E-state index contributed by atoms with van der Waals surface area (Å²) in [5.74, 6) is -1.12. The topological polar surface area (TPSA) is 85.1 Å². The maximum Gasteiger partial charge on any atom is 0.267 e. The molecule has 0 radical (unpaired) electrons. The van der Waals surface area contributed by atoms with Crippen molar-refractivity contribution in [1.29, 1.82) is 0 Å². The Morgan fingerprint density at radius 3 is 2.52 bits per heavy atom. The molecular formula is C20H18FN3O2S. The highest BCUT2D eigenvalue weighted by atomic mass is 32.1. The second-order valence-electron chi connectivity index (χ2n) is 6.12. The molecule has 27 heavy (non-hydrogen) atoms. The van der Waals surface area contributed by atoms with Gasteiger partial charge in [0.05, 0.1) is 10.7 Å². The van der Waals surface area contributed by atoms with Crippen LogP contribution >= 0.6 is 11.3 Å². The number of aryl methyl sites for hydroxylation is 1. The number of nitrogens with one attached hydrogen (secondary N) is 1. The van der Waals surface area contributed by atoms with Crippen molar-refractivity contribution in [2.75, 3.05) is 5.32 Å². The number of halogens is 1. The summed E-state index contributed by atoms with van der Waals surface area (Å²) in [6.07, 6.45) is 0.523. The van der Waals surface area contributed by atoms with Crippen LogP contribution in [0.5, 0.6) is 0 Å². The summed E-state index contributed by atoms with van der Waals surface area (Å²) < 4.78 is 13.0. The molecule has 3 aromatic rings. The molecule has 138 valence electrons.